The van der Waals surface area contributed by atoms with Crippen molar-refractivity contribution in [3.63, 3.8) is 0 Å². The predicted molar refractivity (Wildman–Crippen MR) is 62.8 cm³/mol. The molecule has 1 fully saturated rings. The molecule has 2 nitrogen and oxygen atoms in total. The smallest absolute Gasteiger partial charge is 0.157 e. The molecule has 74 valence electrons. The van der Waals surface area contributed by atoms with Gasteiger partial charge in [0, 0.05) is 17.0 Å². The number of aliphatic imine (C=N–C) groups is 1. The highest BCUT2D eigenvalue weighted by Gasteiger charge is 2.25. The largest absolute Gasteiger partial charge is 0.361 e. The molecule has 4 heteroatoms. The van der Waals surface area contributed by atoms with E-state index in [0.717, 1.165) is 0 Å². The highest BCUT2D eigenvalue weighted by molar-refractivity contribution is 8.14. The van der Waals surface area contributed by atoms with E-state index in [2.05, 4.69) is 24.2 Å². The van der Waals surface area contributed by atoms with Gasteiger partial charge in [0.25, 0.3) is 0 Å². The van der Waals surface area contributed by atoms with Gasteiger partial charge in [-0.25, -0.2) is 0 Å². The minimum Gasteiger partial charge on any atom is -0.361 e. The number of rotatable bonds is 1. The molecule has 1 N–H and O–H groups in total. The first-order valence-electron chi connectivity index (χ1n) is 4.84. The van der Waals surface area contributed by atoms with Gasteiger partial charge in [0.2, 0.25) is 0 Å². The van der Waals surface area contributed by atoms with Crippen LogP contribution in [-0.4, -0.2) is 34.0 Å². The first-order chi connectivity index (χ1) is 6.25. The van der Waals surface area contributed by atoms with Gasteiger partial charge in [-0.05, 0) is 19.1 Å². The molecule has 0 aromatic heterocycles. The maximum atomic E-state index is 4.59. The van der Waals surface area contributed by atoms with Gasteiger partial charge in [-0.1, -0.05) is 18.7 Å². The first-order valence-corrected chi connectivity index (χ1v) is 6.88. The Morgan fingerprint density at radius 2 is 2.31 bits per heavy atom. The SMILES string of the molecule is CC1N=C(NC2CCSC2)SC1C. The average Bonchev–Trinajstić information content (AvgIpc) is 2.64. The molecule has 13 heavy (non-hydrogen) atoms. The highest BCUT2D eigenvalue weighted by Crippen LogP contribution is 2.26. The Labute approximate surface area is 88.3 Å². The second kappa shape index (κ2) is 4.13. The van der Waals surface area contributed by atoms with Crippen LogP contribution in [0.3, 0.4) is 0 Å². The molecule has 2 aliphatic heterocycles. The summed E-state index contributed by atoms with van der Waals surface area (Å²) in [4.78, 5) is 4.59. The van der Waals surface area contributed by atoms with Crippen molar-refractivity contribution < 1.29 is 0 Å². The zero-order chi connectivity index (χ0) is 9.26. The van der Waals surface area contributed by atoms with Crippen LogP contribution >= 0.6 is 23.5 Å². The average molecular weight is 216 g/mol. The molecule has 0 aromatic rings. The molecule has 0 spiro atoms. The number of nitrogens with one attached hydrogen (secondary N) is 1. The van der Waals surface area contributed by atoms with E-state index in [9.17, 15) is 0 Å². The zero-order valence-corrected chi connectivity index (χ0v) is 9.75. The monoisotopic (exact) mass is 216 g/mol. The van der Waals surface area contributed by atoms with Crippen molar-refractivity contribution in [1.29, 1.82) is 0 Å². The lowest BCUT2D eigenvalue weighted by molar-refractivity contribution is 0.677. The van der Waals surface area contributed by atoms with Crippen molar-refractivity contribution in [2.75, 3.05) is 11.5 Å². The fraction of sp³-hybridized carbons (Fsp3) is 0.889. The van der Waals surface area contributed by atoms with E-state index >= 15 is 0 Å². The number of thioether (sulfide) groups is 2. The molecule has 0 saturated carbocycles. The fourth-order valence-electron chi connectivity index (χ4n) is 1.49. The summed E-state index contributed by atoms with van der Waals surface area (Å²) in [6.07, 6.45) is 1.30. The van der Waals surface area contributed by atoms with Crippen LogP contribution in [0, 0.1) is 0 Å². The van der Waals surface area contributed by atoms with Gasteiger partial charge in [-0.3, -0.25) is 4.99 Å². The van der Waals surface area contributed by atoms with Crippen molar-refractivity contribution in [3.05, 3.63) is 0 Å². The maximum Gasteiger partial charge on any atom is 0.157 e. The Balaban J connectivity index is 1.85. The molecule has 2 heterocycles. The van der Waals surface area contributed by atoms with E-state index in [1.54, 1.807) is 0 Å². The lowest BCUT2D eigenvalue weighted by atomic mass is 10.3. The molecule has 0 bridgehead atoms. The van der Waals surface area contributed by atoms with E-state index in [4.69, 9.17) is 0 Å². The van der Waals surface area contributed by atoms with E-state index in [1.165, 1.54) is 23.1 Å². The van der Waals surface area contributed by atoms with Crippen LogP contribution in [0.25, 0.3) is 0 Å². The summed E-state index contributed by atoms with van der Waals surface area (Å²) >= 11 is 3.93. The normalized spacial score (nSPS) is 39.2. The second-order valence-corrected chi connectivity index (χ2v) is 6.22. The molecule has 3 unspecified atom stereocenters. The molecule has 1 saturated heterocycles. The molecule has 0 radical (unpaired) electrons. The van der Waals surface area contributed by atoms with Crippen LogP contribution in [0.4, 0.5) is 0 Å². The molecule has 0 aliphatic carbocycles. The van der Waals surface area contributed by atoms with Crippen molar-refractivity contribution >= 4 is 28.7 Å². The van der Waals surface area contributed by atoms with E-state index in [0.29, 0.717) is 17.3 Å². The van der Waals surface area contributed by atoms with Gasteiger partial charge in [-0.15, -0.1) is 0 Å². The van der Waals surface area contributed by atoms with Crippen LogP contribution in [0.15, 0.2) is 4.99 Å². The predicted octanol–water partition coefficient (Wildman–Crippen LogP) is 1.96. The number of hydrogen-bond acceptors (Lipinski definition) is 4. The lowest BCUT2D eigenvalue weighted by Gasteiger charge is -2.11. The Hall–Kier alpha value is 0.170. The number of amidine groups is 1. The van der Waals surface area contributed by atoms with Crippen molar-refractivity contribution in [3.8, 4) is 0 Å². The van der Waals surface area contributed by atoms with E-state index in [1.807, 2.05) is 23.5 Å². The number of hydrogen-bond donors (Lipinski definition) is 1. The summed E-state index contributed by atoms with van der Waals surface area (Å²) in [6.45, 7) is 4.44. The molecule has 2 rings (SSSR count). The van der Waals surface area contributed by atoms with Crippen molar-refractivity contribution in [2.45, 2.75) is 37.6 Å². The summed E-state index contributed by atoms with van der Waals surface area (Å²) in [5.41, 5.74) is 0. The van der Waals surface area contributed by atoms with Crippen molar-refractivity contribution in [2.24, 2.45) is 4.99 Å². The second-order valence-electron chi connectivity index (χ2n) is 3.70. The number of nitrogens with zero attached hydrogens (tertiary/aromatic N) is 1. The molecular weight excluding hydrogens is 200 g/mol. The maximum absolute atomic E-state index is 4.59. The molecule has 2 aliphatic rings. The van der Waals surface area contributed by atoms with Gasteiger partial charge in [0.1, 0.15) is 0 Å². The summed E-state index contributed by atoms with van der Waals surface area (Å²) in [5.74, 6) is 2.56. The van der Waals surface area contributed by atoms with E-state index in [-0.39, 0.29) is 0 Å². The quantitative estimate of drug-likeness (QED) is 0.725. The van der Waals surface area contributed by atoms with Gasteiger partial charge < -0.3 is 5.32 Å². The zero-order valence-electron chi connectivity index (χ0n) is 8.12. The van der Waals surface area contributed by atoms with Gasteiger partial charge >= 0.3 is 0 Å². The summed E-state index contributed by atoms with van der Waals surface area (Å²) in [7, 11) is 0. The summed E-state index contributed by atoms with van der Waals surface area (Å²) in [6, 6.07) is 1.16. The topological polar surface area (TPSA) is 24.4 Å². The van der Waals surface area contributed by atoms with Gasteiger partial charge in [0.15, 0.2) is 5.17 Å². The Kier molecular flexibility index (Phi) is 3.09. The Bertz CT molecular complexity index is 212. The van der Waals surface area contributed by atoms with Crippen LogP contribution in [-0.2, 0) is 0 Å². The van der Waals surface area contributed by atoms with Crippen LogP contribution in [0.5, 0.6) is 0 Å². The van der Waals surface area contributed by atoms with Crippen LogP contribution < -0.4 is 5.32 Å². The van der Waals surface area contributed by atoms with Crippen LogP contribution in [0.2, 0.25) is 0 Å². The third-order valence-corrected chi connectivity index (χ3v) is 4.93. The summed E-state index contributed by atoms with van der Waals surface area (Å²) in [5, 5.41) is 5.35. The third kappa shape index (κ3) is 2.34. The molecule has 3 atom stereocenters. The standard InChI is InChI=1S/C9H16N2S2/c1-6-7(2)13-9(10-6)11-8-3-4-12-5-8/h6-8H,3-5H2,1-2H3,(H,10,11). The minimum atomic E-state index is 0.488. The van der Waals surface area contributed by atoms with Gasteiger partial charge in [0.05, 0.1) is 6.04 Å². The summed E-state index contributed by atoms with van der Waals surface area (Å²) < 4.78 is 0. The molecule has 0 amide bonds. The third-order valence-electron chi connectivity index (χ3n) is 2.56. The van der Waals surface area contributed by atoms with Crippen molar-refractivity contribution in [1.82, 2.24) is 5.32 Å². The highest BCUT2D eigenvalue weighted by atomic mass is 32.2. The lowest BCUT2D eigenvalue weighted by Crippen LogP contribution is -2.32. The molecular formula is C9H16N2S2. The van der Waals surface area contributed by atoms with Gasteiger partial charge in [-0.2, -0.15) is 11.8 Å². The fourth-order valence-corrected chi connectivity index (χ4v) is 3.71. The van der Waals surface area contributed by atoms with E-state index < -0.39 is 0 Å². The molecule has 0 aromatic carbocycles. The Morgan fingerprint density at radius 1 is 1.46 bits per heavy atom. The van der Waals surface area contributed by atoms with Crippen LogP contribution in [0.1, 0.15) is 20.3 Å². The minimum absolute atomic E-state index is 0.488. The first kappa shape index (κ1) is 9.71. The Morgan fingerprint density at radius 3 is 2.85 bits per heavy atom.